The van der Waals surface area contributed by atoms with Crippen LogP contribution in [0.15, 0.2) is 12.2 Å². The van der Waals surface area contributed by atoms with Crippen LogP contribution in [0.3, 0.4) is 0 Å². The average molecular weight is 376 g/mol. The number of hydrogen-bond donors (Lipinski definition) is 0. The standard InChI is InChI=1S/C22H33NO4/c1-16(2)19(24)7-5-3-4-6-8-20(25)18-11-9-17(10-12-18)15-23-21(26)13-14-22(23)27/h13-14,16-18H,3-12,15H2,1-2H3. The Morgan fingerprint density at radius 3 is 2.04 bits per heavy atom. The van der Waals surface area contributed by atoms with Gasteiger partial charge in [-0.2, -0.15) is 0 Å². The summed E-state index contributed by atoms with van der Waals surface area (Å²) in [6.45, 7) is 4.36. The zero-order valence-corrected chi connectivity index (χ0v) is 16.7. The Morgan fingerprint density at radius 1 is 0.926 bits per heavy atom. The van der Waals surface area contributed by atoms with Crippen molar-refractivity contribution in [3.63, 3.8) is 0 Å². The van der Waals surface area contributed by atoms with Crippen molar-refractivity contribution in [2.45, 2.75) is 78.1 Å². The monoisotopic (exact) mass is 375 g/mol. The van der Waals surface area contributed by atoms with Crippen molar-refractivity contribution in [2.24, 2.45) is 17.8 Å². The van der Waals surface area contributed by atoms with E-state index in [1.165, 1.54) is 17.1 Å². The number of Topliss-reactive ketones (excluding diaryl/α,β-unsaturated/α-hetero) is 2. The van der Waals surface area contributed by atoms with Crippen LogP contribution in [0.1, 0.15) is 78.1 Å². The van der Waals surface area contributed by atoms with E-state index in [1.807, 2.05) is 13.8 Å². The highest BCUT2D eigenvalue weighted by molar-refractivity contribution is 6.12. The van der Waals surface area contributed by atoms with Gasteiger partial charge in [0.1, 0.15) is 11.6 Å². The van der Waals surface area contributed by atoms with Crippen LogP contribution >= 0.6 is 0 Å². The molecule has 2 aliphatic rings. The number of carbonyl (C=O) groups is 4. The summed E-state index contributed by atoms with van der Waals surface area (Å²) in [7, 11) is 0. The first-order valence-electron chi connectivity index (χ1n) is 10.5. The molecule has 0 spiro atoms. The molecule has 27 heavy (non-hydrogen) atoms. The lowest BCUT2D eigenvalue weighted by atomic mass is 9.79. The number of ketones is 2. The van der Waals surface area contributed by atoms with Gasteiger partial charge in [-0.15, -0.1) is 0 Å². The minimum atomic E-state index is -0.215. The van der Waals surface area contributed by atoms with Gasteiger partial charge in [0, 0.05) is 43.4 Å². The maximum absolute atomic E-state index is 12.4. The fourth-order valence-electron chi connectivity index (χ4n) is 3.98. The molecule has 0 unspecified atom stereocenters. The van der Waals surface area contributed by atoms with E-state index in [0.29, 0.717) is 36.9 Å². The van der Waals surface area contributed by atoms with E-state index >= 15 is 0 Å². The van der Waals surface area contributed by atoms with Gasteiger partial charge in [0.25, 0.3) is 11.8 Å². The molecule has 150 valence electrons. The quantitative estimate of drug-likeness (QED) is 0.406. The molecule has 1 fully saturated rings. The van der Waals surface area contributed by atoms with Crippen molar-refractivity contribution >= 4 is 23.4 Å². The van der Waals surface area contributed by atoms with Crippen molar-refractivity contribution in [2.75, 3.05) is 6.54 Å². The minimum absolute atomic E-state index is 0.125. The topological polar surface area (TPSA) is 71.5 Å². The van der Waals surface area contributed by atoms with Crippen LogP contribution in [0.5, 0.6) is 0 Å². The summed E-state index contributed by atoms with van der Waals surface area (Å²) in [5.74, 6) is 0.853. The molecular formula is C22H33NO4. The number of nitrogens with zero attached hydrogens (tertiary/aromatic N) is 1. The predicted octanol–water partition coefficient (Wildman–Crippen LogP) is 3.85. The second kappa shape index (κ2) is 10.5. The van der Waals surface area contributed by atoms with Gasteiger partial charge in [0.05, 0.1) is 0 Å². The summed E-state index contributed by atoms with van der Waals surface area (Å²) >= 11 is 0. The lowest BCUT2D eigenvalue weighted by Crippen LogP contribution is -2.36. The molecule has 0 aromatic heterocycles. The van der Waals surface area contributed by atoms with E-state index in [0.717, 1.165) is 51.4 Å². The first-order valence-corrected chi connectivity index (χ1v) is 10.5. The molecule has 0 saturated heterocycles. The van der Waals surface area contributed by atoms with Crippen molar-refractivity contribution in [1.29, 1.82) is 0 Å². The molecule has 0 aromatic carbocycles. The Balaban J connectivity index is 1.56. The Morgan fingerprint density at radius 2 is 1.48 bits per heavy atom. The van der Waals surface area contributed by atoms with Crippen LogP contribution in [0.2, 0.25) is 0 Å². The van der Waals surface area contributed by atoms with E-state index in [-0.39, 0.29) is 23.7 Å². The van der Waals surface area contributed by atoms with Gasteiger partial charge in [-0.3, -0.25) is 24.1 Å². The molecule has 0 bridgehead atoms. The fourth-order valence-corrected chi connectivity index (χ4v) is 3.98. The number of hydrogen-bond acceptors (Lipinski definition) is 4. The molecule has 5 heteroatoms. The van der Waals surface area contributed by atoms with E-state index in [9.17, 15) is 19.2 Å². The zero-order valence-electron chi connectivity index (χ0n) is 16.7. The van der Waals surface area contributed by atoms with Gasteiger partial charge in [0.15, 0.2) is 0 Å². The van der Waals surface area contributed by atoms with Crippen LogP contribution in [0.25, 0.3) is 0 Å². The molecule has 0 atom stereocenters. The smallest absolute Gasteiger partial charge is 0.253 e. The van der Waals surface area contributed by atoms with Crippen LogP contribution in [0, 0.1) is 17.8 Å². The molecule has 2 amide bonds. The SMILES string of the molecule is CC(C)C(=O)CCCCCCC(=O)C1CCC(CN2C(=O)C=CC2=O)CC1. The van der Waals surface area contributed by atoms with Crippen molar-refractivity contribution < 1.29 is 19.2 Å². The largest absolute Gasteiger partial charge is 0.299 e. The number of rotatable bonds is 11. The highest BCUT2D eigenvalue weighted by Gasteiger charge is 2.30. The molecule has 5 nitrogen and oxygen atoms in total. The Hall–Kier alpha value is -1.78. The summed E-state index contributed by atoms with van der Waals surface area (Å²) in [6, 6.07) is 0. The third-order valence-corrected chi connectivity index (χ3v) is 5.88. The van der Waals surface area contributed by atoms with Crippen molar-refractivity contribution in [3.8, 4) is 0 Å². The molecule has 1 aliphatic carbocycles. The Labute approximate surface area is 162 Å². The second-order valence-electron chi connectivity index (χ2n) is 8.34. The molecule has 0 N–H and O–H groups in total. The predicted molar refractivity (Wildman–Crippen MR) is 104 cm³/mol. The third-order valence-electron chi connectivity index (χ3n) is 5.88. The first kappa shape index (κ1) is 21.5. The molecule has 0 aromatic rings. The minimum Gasteiger partial charge on any atom is -0.299 e. The number of unbranched alkanes of at least 4 members (excludes halogenated alkanes) is 3. The maximum Gasteiger partial charge on any atom is 0.253 e. The number of carbonyl (C=O) groups excluding carboxylic acids is 4. The van der Waals surface area contributed by atoms with Gasteiger partial charge >= 0.3 is 0 Å². The van der Waals surface area contributed by atoms with Gasteiger partial charge in [-0.05, 0) is 44.4 Å². The summed E-state index contributed by atoms with van der Waals surface area (Å²) in [6.07, 6.45) is 11.4. The maximum atomic E-state index is 12.4. The lowest BCUT2D eigenvalue weighted by molar-refractivity contribution is -0.138. The van der Waals surface area contributed by atoms with Crippen molar-refractivity contribution in [1.82, 2.24) is 4.90 Å². The summed E-state index contributed by atoms with van der Waals surface area (Å²) in [5.41, 5.74) is 0. The van der Waals surface area contributed by atoms with Gasteiger partial charge < -0.3 is 0 Å². The Bertz CT molecular complexity index is 567. The molecule has 0 radical (unpaired) electrons. The zero-order chi connectivity index (χ0) is 19.8. The van der Waals surface area contributed by atoms with Crippen LogP contribution in [0.4, 0.5) is 0 Å². The van der Waals surface area contributed by atoms with Gasteiger partial charge in [-0.1, -0.05) is 26.7 Å². The molecule has 2 rings (SSSR count). The lowest BCUT2D eigenvalue weighted by Gasteiger charge is -2.30. The normalized spacial score (nSPS) is 22.7. The molecule has 1 aliphatic heterocycles. The summed E-state index contributed by atoms with van der Waals surface area (Å²) < 4.78 is 0. The summed E-state index contributed by atoms with van der Waals surface area (Å²) in [5, 5.41) is 0. The second-order valence-corrected chi connectivity index (χ2v) is 8.34. The first-order chi connectivity index (χ1) is 12.9. The van der Waals surface area contributed by atoms with Crippen LogP contribution < -0.4 is 0 Å². The number of imide groups is 1. The highest BCUT2D eigenvalue weighted by Crippen LogP contribution is 2.31. The van der Waals surface area contributed by atoms with Crippen LogP contribution in [-0.2, 0) is 19.2 Å². The van der Waals surface area contributed by atoms with Crippen LogP contribution in [-0.4, -0.2) is 34.8 Å². The Kier molecular flexibility index (Phi) is 8.39. The van der Waals surface area contributed by atoms with Gasteiger partial charge in [0.2, 0.25) is 0 Å². The average Bonchev–Trinajstić information content (AvgIpc) is 2.96. The summed E-state index contributed by atoms with van der Waals surface area (Å²) in [4.78, 5) is 48.6. The molecule has 1 heterocycles. The number of amides is 2. The molecular weight excluding hydrogens is 342 g/mol. The van der Waals surface area contributed by atoms with Gasteiger partial charge in [-0.25, -0.2) is 0 Å². The van der Waals surface area contributed by atoms with E-state index in [1.54, 1.807) is 0 Å². The molecule has 1 saturated carbocycles. The van der Waals surface area contributed by atoms with E-state index in [4.69, 9.17) is 0 Å². The third kappa shape index (κ3) is 6.71. The van der Waals surface area contributed by atoms with Crippen molar-refractivity contribution in [3.05, 3.63) is 12.2 Å². The highest BCUT2D eigenvalue weighted by atomic mass is 16.2. The van der Waals surface area contributed by atoms with E-state index in [2.05, 4.69) is 0 Å². The van der Waals surface area contributed by atoms with E-state index < -0.39 is 0 Å². The fraction of sp³-hybridized carbons (Fsp3) is 0.727.